The molecule has 2 aromatic heterocycles. The van der Waals surface area contributed by atoms with Crippen molar-refractivity contribution in [2.75, 3.05) is 10.6 Å². The number of hydrogen-bond acceptors (Lipinski definition) is 4. The van der Waals surface area contributed by atoms with E-state index in [0.29, 0.717) is 23.0 Å². The first-order valence-corrected chi connectivity index (χ1v) is 9.31. The fourth-order valence-corrected chi connectivity index (χ4v) is 3.91. The number of hydrogen-bond donors (Lipinski definition) is 2. The fraction of sp³-hybridized carbons (Fsp3) is 0.136. The van der Waals surface area contributed by atoms with E-state index in [0.717, 1.165) is 16.3 Å². The molecule has 0 spiro atoms. The Morgan fingerprint density at radius 2 is 2.00 bits per heavy atom. The van der Waals surface area contributed by atoms with Crippen LogP contribution in [0.5, 0.6) is 0 Å². The largest absolute Gasteiger partial charge is 0.469 e. The summed E-state index contributed by atoms with van der Waals surface area (Å²) >= 11 is 0. The van der Waals surface area contributed by atoms with Gasteiger partial charge < -0.3 is 15.1 Å². The van der Waals surface area contributed by atoms with Gasteiger partial charge in [-0.1, -0.05) is 36.4 Å². The van der Waals surface area contributed by atoms with E-state index in [4.69, 9.17) is 4.42 Å². The van der Waals surface area contributed by atoms with E-state index in [1.165, 1.54) is 0 Å². The molecule has 0 aliphatic carbocycles. The van der Waals surface area contributed by atoms with Crippen LogP contribution in [0, 0.1) is 0 Å². The first-order valence-electron chi connectivity index (χ1n) is 9.31. The van der Waals surface area contributed by atoms with Crippen molar-refractivity contribution in [3.63, 3.8) is 0 Å². The monoisotopic (exact) mass is 386 g/mol. The Kier molecular flexibility index (Phi) is 3.94. The average Bonchev–Trinajstić information content (AvgIpc) is 3.36. The van der Waals surface area contributed by atoms with Crippen LogP contribution in [0.25, 0.3) is 10.8 Å². The van der Waals surface area contributed by atoms with Crippen LogP contribution >= 0.6 is 0 Å². The first-order chi connectivity index (χ1) is 14.1. The predicted molar refractivity (Wildman–Crippen MR) is 109 cm³/mol. The highest BCUT2D eigenvalue weighted by molar-refractivity contribution is 6.13. The second-order valence-corrected chi connectivity index (χ2v) is 7.04. The summed E-state index contributed by atoms with van der Waals surface area (Å²) in [5.74, 6) is 0.962. The van der Waals surface area contributed by atoms with E-state index in [1.54, 1.807) is 30.1 Å². The second-order valence-electron chi connectivity index (χ2n) is 7.04. The van der Waals surface area contributed by atoms with Crippen molar-refractivity contribution in [2.45, 2.75) is 12.3 Å². The van der Waals surface area contributed by atoms with Gasteiger partial charge in [0.25, 0.3) is 5.91 Å². The third-order valence-corrected chi connectivity index (χ3v) is 5.23. The maximum absolute atomic E-state index is 13.1. The number of nitrogens with one attached hydrogen (secondary N) is 2. The van der Waals surface area contributed by atoms with Crippen molar-refractivity contribution >= 4 is 34.2 Å². The van der Waals surface area contributed by atoms with Crippen LogP contribution in [0.15, 0.2) is 65.3 Å². The Bertz CT molecular complexity index is 1240. The highest BCUT2D eigenvalue weighted by Gasteiger charge is 2.35. The van der Waals surface area contributed by atoms with Crippen LogP contribution in [0.3, 0.4) is 0 Å². The van der Waals surface area contributed by atoms with Crippen LogP contribution in [-0.2, 0) is 11.8 Å². The van der Waals surface area contributed by atoms with Gasteiger partial charge in [0.1, 0.15) is 11.6 Å². The molecule has 1 aliphatic rings. The first kappa shape index (κ1) is 17.2. The number of benzene rings is 2. The lowest BCUT2D eigenvalue weighted by Crippen LogP contribution is -2.25. The molecule has 2 aromatic carbocycles. The quantitative estimate of drug-likeness (QED) is 0.559. The summed E-state index contributed by atoms with van der Waals surface area (Å²) in [5.41, 5.74) is 1.31. The smallest absolute Gasteiger partial charge is 0.257 e. The lowest BCUT2D eigenvalue weighted by molar-refractivity contribution is -0.116. The van der Waals surface area contributed by atoms with Crippen molar-refractivity contribution in [3.05, 3.63) is 77.7 Å². The summed E-state index contributed by atoms with van der Waals surface area (Å²) in [6.07, 6.45) is 1.80. The molecule has 29 heavy (non-hydrogen) atoms. The Balaban J connectivity index is 1.57. The lowest BCUT2D eigenvalue weighted by Gasteiger charge is -2.22. The molecule has 2 amide bonds. The number of nitrogens with zero attached hydrogens (tertiary/aromatic N) is 2. The number of carbonyl (C=O) groups excluding carboxylic acids is 2. The molecule has 5 rings (SSSR count). The summed E-state index contributed by atoms with van der Waals surface area (Å²) in [6.45, 7) is 0. The maximum atomic E-state index is 13.1. The van der Waals surface area contributed by atoms with Gasteiger partial charge >= 0.3 is 0 Å². The Hall–Kier alpha value is -3.87. The Morgan fingerprint density at radius 3 is 2.83 bits per heavy atom. The zero-order valence-electron chi connectivity index (χ0n) is 15.7. The number of carbonyl (C=O) groups is 2. The van der Waals surface area contributed by atoms with E-state index in [-0.39, 0.29) is 24.2 Å². The summed E-state index contributed by atoms with van der Waals surface area (Å²) in [5, 5.41) is 12.1. The second kappa shape index (κ2) is 6.63. The van der Waals surface area contributed by atoms with Crippen LogP contribution in [0.2, 0.25) is 0 Å². The van der Waals surface area contributed by atoms with Crippen LogP contribution in [0.1, 0.15) is 34.0 Å². The molecule has 0 unspecified atom stereocenters. The third-order valence-electron chi connectivity index (χ3n) is 5.23. The number of rotatable bonds is 3. The van der Waals surface area contributed by atoms with Gasteiger partial charge in [0.2, 0.25) is 5.91 Å². The third kappa shape index (κ3) is 2.87. The molecule has 0 fully saturated rings. The van der Waals surface area contributed by atoms with Crippen LogP contribution in [0.4, 0.5) is 11.6 Å². The zero-order valence-corrected chi connectivity index (χ0v) is 15.7. The average molecular weight is 386 g/mol. The Labute approximate surface area is 166 Å². The maximum Gasteiger partial charge on any atom is 0.257 e. The highest BCUT2D eigenvalue weighted by Crippen LogP contribution is 2.41. The summed E-state index contributed by atoms with van der Waals surface area (Å²) in [4.78, 5) is 25.3. The molecule has 3 heterocycles. The van der Waals surface area contributed by atoms with Crippen molar-refractivity contribution in [1.82, 2.24) is 9.78 Å². The summed E-state index contributed by atoms with van der Waals surface area (Å²) in [7, 11) is 1.73. The van der Waals surface area contributed by atoms with E-state index in [1.807, 2.05) is 42.5 Å². The van der Waals surface area contributed by atoms with Gasteiger partial charge in [-0.2, -0.15) is 5.10 Å². The van der Waals surface area contributed by atoms with E-state index in [2.05, 4.69) is 15.7 Å². The number of fused-ring (bicyclic) bond motifs is 2. The van der Waals surface area contributed by atoms with E-state index >= 15 is 0 Å². The number of aryl methyl sites for hydroxylation is 1. The van der Waals surface area contributed by atoms with E-state index in [9.17, 15) is 9.59 Å². The summed E-state index contributed by atoms with van der Waals surface area (Å²) in [6, 6.07) is 17.0. The number of furan rings is 1. The SMILES string of the molecule is Cn1nc(NC(=O)c2cccc3ccccc23)c2c1NC(=O)C[C@@H]2c1ccco1. The molecule has 1 aliphatic heterocycles. The standard InChI is InChI=1S/C22H18N4O3/c1-26-21-19(16(12-18(27)23-21)17-10-5-11-29-17)20(25-26)24-22(28)15-9-4-7-13-6-2-3-8-14(13)15/h2-11,16H,12H2,1H3,(H,23,27)(H,24,25,28)/t16-/m1/s1. The molecular formula is C22H18N4O3. The molecule has 7 heteroatoms. The molecule has 7 nitrogen and oxygen atoms in total. The van der Waals surface area contributed by atoms with Gasteiger partial charge in [0.05, 0.1) is 17.7 Å². The van der Waals surface area contributed by atoms with Gasteiger partial charge in [-0.15, -0.1) is 0 Å². The van der Waals surface area contributed by atoms with Crippen molar-refractivity contribution in [1.29, 1.82) is 0 Å². The number of anilines is 2. The van der Waals surface area contributed by atoms with E-state index < -0.39 is 0 Å². The minimum Gasteiger partial charge on any atom is -0.469 e. The minimum atomic E-state index is -0.315. The number of amides is 2. The molecular weight excluding hydrogens is 368 g/mol. The van der Waals surface area contributed by atoms with Gasteiger partial charge in [0.15, 0.2) is 5.82 Å². The van der Waals surface area contributed by atoms with Gasteiger partial charge in [-0.25, -0.2) is 0 Å². The normalized spacial score (nSPS) is 15.8. The molecule has 4 aromatic rings. The molecule has 144 valence electrons. The highest BCUT2D eigenvalue weighted by atomic mass is 16.3. The molecule has 0 saturated heterocycles. The zero-order chi connectivity index (χ0) is 20.0. The molecule has 2 N–H and O–H groups in total. The van der Waals surface area contributed by atoms with Crippen LogP contribution < -0.4 is 10.6 Å². The van der Waals surface area contributed by atoms with Gasteiger partial charge in [0, 0.05) is 19.0 Å². The lowest BCUT2D eigenvalue weighted by atomic mass is 9.91. The van der Waals surface area contributed by atoms with Crippen molar-refractivity contribution in [2.24, 2.45) is 7.05 Å². The van der Waals surface area contributed by atoms with Crippen molar-refractivity contribution < 1.29 is 14.0 Å². The van der Waals surface area contributed by atoms with Gasteiger partial charge in [-0.05, 0) is 29.0 Å². The summed E-state index contributed by atoms with van der Waals surface area (Å²) < 4.78 is 7.13. The van der Waals surface area contributed by atoms with Crippen molar-refractivity contribution in [3.8, 4) is 0 Å². The fourth-order valence-electron chi connectivity index (χ4n) is 3.91. The predicted octanol–water partition coefficient (Wildman–Crippen LogP) is 3.89. The molecule has 0 radical (unpaired) electrons. The molecule has 0 bridgehead atoms. The Morgan fingerprint density at radius 1 is 1.17 bits per heavy atom. The minimum absolute atomic E-state index is 0.117. The van der Waals surface area contributed by atoms with Gasteiger partial charge in [-0.3, -0.25) is 14.3 Å². The molecule has 0 saturated carbocycles. The number of aromatic nitrogens is 2. The van der Waals surface area contributed by atoms with Crippen LogP contribution in [-0.4, -0.2) is 21.6 Å². The molecule has 1 atom stereocenters. The topological polar surface area (TPSA) is 89.2 Å².